The van der Waals surface area contributed by atoms with Crippen LogP contribution >= 0.6 is 0 Å². The molecule has 4 nitrogen and oxygen atoms in total. The minimum atomic E-state index is -4.02. The van der Waals surface area contributed by atoms with E-state index in [2.05, 4.69) is 5.73 Å². The van der Waals surface area contributed by atoms with Crippen molar-refractivity contribution in [2.24, 2.45) is 5.73 Å². The van der Waals surface area contributed by atoms with E-state index in [1.807, 2.05) is 0 Å². The lowest BCUT2D eigenvalue weighted by atomic mass is 10.6. The third-order valence-corrected chi connectivity index (χ3v) is 0.887. The van der Waals surface area contributed by atoms with E-state index in [9.17, 15) is 8.42 Å². The Kier molecular flexibility index (Phi) is 3.19. The lowest BCUT2D eigenvalue weighted by Crippen LogP contribution is -1.92. The highest BCUT2D eigenvalue weighted by molar-refractivity contribution is 7.88. The van der Waals surface area contributed by atoms with Crippen molar-refractivity contribution in [3.8, 4) is 0 Å². The molecule has 0 spiro atoms. The summed E-state index contributed by atoms with van der Waals surface area (Å²) in [5.41, 5.74) is 7.11. The van der Waals surface area contributed by atoms with Gasteiger partial charge in [0.25, 0.3) is 10.1 Å². The van der Waals surface area contributed by atoms with Gasteiger partial charge in [-0.1, -0.05) is 0 Å². The second-order valence-electron chi connectivity index (χ2n) is 1.24. The Hall–Kier alpha value is -0.610. The third-order valence-electron chi connectivity index (χ3n) is 0.453. The van der Waals surface area contributed by atoms with Gasteiger partial charge in [0.15, 0.2) is 0 Å². The molecule has 52 valence electrons. The van der Waals surface area contributed by atoms with Crippen molar-refractivity contribution in [2.45, 2.75) is 0 Å². The topological polar surface area (TPSA) is 80.4 Å². The van der Waals surface area contributed by atoms with Crippen LogP contribution in [0.25, 0.3) is 0 Å². The van der Waals surface area contributed by atoms with Gasteiger partial charge in [-0.15, -0.1) is 5.73 Å². The Balaban J connectivity index is 4.19. The maximum Gasteiger partial charge on any atom is 0.294 e. The highest BCUT2D eigenvalue weighted by Gasteiger charge is 1.90. The molecule has 9 heavy (non-hydrogen) atoms. The van der Waals surface area contributed by atoms with Gasteiger partial charge in [0.1, 0.15) is 0 Å². The Morgan fingerprint density at radius 2 is 2.22 bits per heavy atom. The normalized spacial score (nSPS) is 10.0. The fourth-order valence-electron chi connectivity index (χ4n) is 0.202. The number of hydrogen-bond acceptors (Lipinski definition) is 3. The van der Waals surface area contributed by atoms with E-state index in [-0.39, 0.29) is 6.54 Å². The molecule has 5 heteroatoms. The molecule has 0 aliphatic heterocycles. The minimum Gasteiger partial charge on any atom is -0.326 e. The zero-order valence-corrected chi connectivity index (χ0v) is 5.43. The molecule has 0 atom stereocenters. The van der Waals surface area contributed by atoms with E-state index in [1.165, 1.54) is 6.08 Å². The summed E-state index contributed by atoms with van der Waals surface area (Å²) in [6, 6.07) is 0. The second-order valence-corrected chi connectivity index (χ2v) is 2.50. The molecule has 0 aliphatic rings. The Morgan fingerprint density at radius 1 is 1.67 bits per heavy atom. The van der Waals surface area contributed by atoms with E-state index in [4.69, 9.17) is 10.3 Å². The molecule has 0 radical (unpaired) electrons. The van der Waals surface area contributed by atoms with Gasteiger partial charge in [0, 0.05) is 6.54 Å². The monoisotopic (exact) mass is 149 g/mol. The largest absolute Gasteiger partial charge is 0.326 e. The SMILES string of the molecule is NCC=C=CS(=O)(=O)O. The first-order chi connectivity index (χ1) is 4.06. The first kappa shape index (κ1) is 8.39. The molecule has 0 saturated heterocycles. The van der Waals surface area contributed by atoms with Gasteiger partial charge in [-0.3, -0.25) is 4.55 Å². The van der Waals surface area contributed by atoms with E-state index in [1.54, 1.807) is 0 Å². The molecule has 0 fully saturated rings. The summed E-state index contributed by atoms with van der Waals surface area (Å²) in [6.45, 7) is 0.200. The van der Waals surface area contributed by atoms with Crippen LogP contribution in [0, 0.1) is 0 Å². The molecule has 0 amide bonds. The van der Waals surface area contributed by atoms with E-state index >= 15 is 0 Å². The van der Waals surface area contributed by atoms with Gasteiger partial charge in [0.05, 0.1) is 5.41 Å². The van der Waals surface area contributed by atoms with Crippen LogP contribution in [0.5, 0.6) is 0 Å². The highest BCUT2D eigenvalue weighted by atomic mass is 32.2. The van der Waals surface area contributed by atoms with Crippen LogP contribution in [0.1, 0.15) is 0 Å². The minimum absolute atomic E-state index is 0.200. The Bertz CT molecular complexity index is 222. The molecule has 0 aromatic heterocycles. The zero-order valence-electron chi connectivity index (χ0n) is 4.61. The quantitative estimate of drug-likeness (QED) is 0.409. The molecule has 0 aromatic rings. The number of rotatable bonds is 2. The fraction of sp³-hybridized carbons (Fsp3) is 0.250. The van der Waals surface area contributed by atoms with Crippen molar-refractivity contribution in [3.63, 3.8) is 0 Å². The molecule has 0 aliphatic carbocycles. The highest BCUT2D eigenvalue weighted by Crippen LogP contribution is 1.79. The van der Waals surface area contributed by atoms with Crippen molar-refractivity contribution in [2.75, 3.05) is 6.54 Å². The first-order valence-corrected chi connectivity index (χ1v) is 3.65. The fourth-order valence-corrected chi connectivity index (χ4v) is 0.470. The summed E-state index contributed by atoms with van der Waals surface area (Å²) >= 11 is 0. The van der Waals surface area contributed by atoms with Crippen molar-refractivity contribution < 1.29 is 13.0 Å². The van der Waals surface area contributed by atoms with Crippen molar-refractivity contribution >= 4 is 10.1 Å². The first-order valence-electron chi connectivity index (χ1n) is 2.15. The van der Waals surface area contributed by atoms with Gasteiger partial charge in [-0.25, -0.2) is 0 Å². The number of nitrogens with two attached hydrogens (primary N) is 1. The average Bonchev–Trinajstić information content (AvgIpc) is 1.63. The maximum absolute atomic E-state index is 9.88. The smallest absolute Gasteiger partial charge is 0.294 e. The molecule has 0 saturated carbocycles. The second kappa shape index (κ2) is 3.42. The van der Waals surface area contributed by atoms with Crippen LogP contribution in [0.15, 0.2) is 17.2 Å². The van der Waals surface area contributed by atoms with Crippen LogP contribution < -0.4 is 5.73 Å². The Labute approximate surface area is 53.4 Å². The van der Waals surface area contributed by atoms with Crippen LogP contribution in [0.2, 0.25) is 0 Å². The van der Waals surface area contributed by atoms with Crippen LogP contribution in [0.4, 0.5) is 0 Å². The van der Waals surface area contributed by atoms with Crippen molar-refractivity contribution in [1.82, 2.24) is 0 Å². The maximum atomic E-state index is 9.88. The summed E-state index contributed by atoms with van der Waals surface area (Å²) in [5.74, 6) is 0. The molecule has 0 heterocycles. The van der Waals surface area contributed by atoms with Crippen molar-refractivity contribution in [3.05, 3.63) is 17.2 Å². The van der Waals surface area contributed by atoms with E-state index in [0.717, 1.165) is 0 Å². The molecule has 0 aromatic carbocycles. The van der Waals surface area contributed by atoms with Gasteiger partial charge >= 0.3 is 0 Å². The lowest BCUT2D eigenvalue weighted by molar-refractivity contribution is 0.494. The molecule has 0 bridgehead atoms. The number of hydrogen-bond donors (Lipinski definition) is 2. The molecule has 0 rings (SSSR count). The van der Waals surface area contributed by atoms with Crippen LogP contribution in [-0.2, 0) is 10.1 Å². The summed E-state index contributed by atoms with van der Waals surface area (Å²) in [5, 5.41) is 0.542. The molecule has 0 unspecified atom stereocenters. The van der Waals surface area contributed by atoms with Gasteiger partial charge < -0.3 is 5.73 Å². The van der Waals surface area contributed by atoms with Crippen LogP contribution in [0.3, 0.4) is 0 Å². The van der Waals surface area contributed by atoms with Gasteiger partial charge in [-0.2, -0.15) is 8.42 Å². The predicted octanol–water partition coefficient (Wildman–Crippen LogP) is -0.498. The lowest BCUT2D eigenvalue weighted by Gasteiger charge is -1.75. The average molecular weight is 149 g/mol. The van der Waals surface area contributed by atoms with Crippen LogP contribution in [-0.4, -0.2) is 19.5 Å². The summed E-state index contributed by atoms with van der Waals surface area (Å²) in [7, 11) is -4.02. The Morgan fingerprint density at radius 3 is 2.56 bits per heavy atom. The van der Waals surface area contributed by atoms with E-state index < -0.39 is 10.1 Å². The van der Waals surface area contributed by atoms with Crippen molar-refractivity contribution in [1.29, 1.82) is 0 Å². The molecule has 3 N–H and O–H groups in total. The van der Waals surface area contributed by atoms with Gasteiger partial charge in [0.2, 0.25) is 0 Å². The zero-order chi connectivity index (χ0) is 7.33. The summed E-state index contributed by atoms with van der Waals surface area (Å²) < 4.78 is 27.8. The summed E-state index contributed by atoms with van der Waals surface area (Å²) in [4.78, 5) is 0. The predicted molar refractivity (Wildman–Crippen MR) is 33.3 cm³/mol. The standard InChI is InChI=1S/C4H7NO3S/c5-3-1-2-4-9(6,7)8/h1,4H,3,5H2,(H,6,7,8). The van der Waals surface area contributed by atoms with E-state index in [0.29, 0.717) is 5.41 Å². The van der Waals surface area contributed by atoms with Gasteiger partial charge in [-0.05, 0) is 6.08 Å². The summed E-state index contributed by atoms with van der Waals surface area (Å²) in [6.07, 6.45) is 1.29. The third kappa shape index (κ3) is 7.39. The molecular weight excluding hydrogens is 142 g/mol. The molecular formula is C4H7NO3S.